The molecule has 5 atom stereocenters. The van der Waals surface area contributed by atoms with Gasteiger partial charge in [0.25, 0.3) is 0 Å². The number of rotatable bonds is 46. The van der Waals surface area contributed by atoms with Crippen molar-refractivity contribution in [2.75, 3.05) is 39.6 Å². The molecule has 68 heavy (non-hydrogen) atoms. The van der Waals surface area contributed by atoms with E-state index in [0.29, 0.717) is 19.3 Å². The second kappa shape index (κ2) is 46.3. The van der Waals surface area contributed by atoms with Crippen molar-refractivity contribution in [1.29, 1.82) is 0 Å². The fourth-order valence-corrected chi connectivity index (χ4v) is 7.25. The Morgan fingerprint density at radius 3 is 0.971 bits per heavy atom. The van der Waals surface area contributed by atoms with E-state index in [0.717, 1.165) is 70.6 Å². The second-order valence-corrected chi connectivity index (χ2v) is 19.0. The molecule has 390 valence electrons. The molecule has 5 unspecified atom stereocenters. The summed E-state index contributed by atoms with van der Waals surface area (Å²) in [7, 11) is -9.61. The summed E-state index contributed by atoms with van der Waals surface area (Å²) in [6.07, 6.45) is 49.7. The summed E-state index contributed by atoms with van der Waals surface area (Å²) < 4.78 is 52.9. The lowest BCUT2D eigenvalue weighted by Crippen LogP contribution is -2.25. The molecule has 0 aliphatic rings. The van der Waals surface area contributed by atoms with Crippen LogP contribution in [0.4, 0.5) is 0 Å². The number of esters is 2. The number of phosphoric ester groups is 2. The minimum Gasteiger partial charge on any atom is -0.463 e. The normalized spacial score (nSPS) is 15.8. The second-order valence-electron chi connectivity index (χ2n) is 16.1. The van der Waals surface area contributed by atoms with E-state index in [4.69, 9.17) is 9.47 Å². The molecule has 0 fully saturated rings. The standard InChI is InChI=1S/C51H86O15P2/c1-3-5-7-9-11-13-15-17-19-21-22-24-26-28-30-32-34-36-38-40-51(56)62-42-48(53)44-64-68(59,60)66-46-49(54)45-65-67(57,58)63-43-47(52)41-61-50(55)39-37-35-33-31-29-27-25-23-20-18-16-14-12-10-8-6-4-2/h11-14,17-20,22,24-25,27-28,30-31,33,47-49,52-54H,3-10,15-16,21,23,26,29,32,34-46H2,1-2H3,(H,57,58)(H,59,60)/b13-11-,14-12-,19-17-,20-18-,24-22-,27-25-,30-28-,33-31-. The third-order valence-corrected chi connectivity index (χ3v) is 11.4. The van der Waals surface area contributed by atoms with Gasteiger partial charge in [-0.25, -0.2) is 9.13 Å². The van der Waals surface area contributed by atoms with Crippen LogP contribution < -0.4 is 0 Å². The van der Waals surface area contributed by atoms with Gasteiger partial charge >= 0.3 is 27.6 Å². The molecule has 5 N–H and O–H groups in total. The molecule has 0 bridgehead atoms. The highest BCUT2D eigenvalue weighted by Crippen LogP contribution is 2.45. The van der Waals surface area contributed by atoms with E-state index in [-0.39, 0.29) is 12.8 Å². The molecule has 0 aromatic carbocycles. The number of allylic oxidation sites excluding steroid dienone is 16. The van der Waals surface area contributed by atoms with Gasteiger partial charge in [-0.2, -0.15) is 0 Å². The van der Waals surface area contributed by atoms with Crippen molar-refractivity contribution in [3.63, 3.8) is 0 Å². The third kappa shape index (κ3) is 48.0. The minimum atomic E-state index is -4.81. The molecular weight excluding hydrogens is 914 g/mol. The van der Waals surface area contributed by atoms with Gasteiger partial charge in [-0.15, -0.1) is 0 Å². The number of ether oxygens (including phenoxy) is 2. The maximum atomic E-state index is 12.2. The monoisotopic (exact) mass is 1000 g/mol. The summed E-state index contributed by atoms with van der Waals surface area (Å²) in [6, 6.07) is 0. The zero-order chi connectivity index (χ0) is 50.2. The van der Waals surface area contributed by atoms with Crippen LogP contribution in [0.15, 0.2) is 97.2 Å². The lowest BCUT2D eigenvalue weighted by molar-refractivity contribution is -0.148. The van der Waals surface area contributed by atoms with Crippen LogP contribution >= 0.6 is 15.6 Å². The number of unbranched alkanes of at least 4 members (excludes halogenated alkanes) is 10. The summed E-state index contributed by atoms with van der Waals surface area (Å²) in [5, 5.41) is 30.0. The van der Waals surface area contributed by atoms with Crippen LogP contribution in [0.5, 0.6) is 0 Å². The Labute approximate surface area is 408 Å². The molecule has 17 heteroatoms. The largest absolute Gasteiger partial charge is 0.472 e. The van der Waals surface area contributed by atoms with Crippen molar-refractivity contribution < 1.29 is 71.4 Å². The van der Waals surface area contributed by atoms with Crippen LogP contribution in [0.25, 0.3) is 0 Å². The highest BCUT2D eigenvalue weighted by atomic mass is 31.2. The topological polar surface area (TPSA) is 225 Å². The first-order chi connectivity index (χ1) is 32.8. The number of carbonyl (C=O) groups is 2. The van der Waals surface area contributed by atoms with Gasteiger partial charge in [0, 0.05) is 12.8 Å². The zero-order valence-electron chi connectivity index (χ0n) is 41.0. The molecule has 0 aromatic heterocycles. The Bertz CT molecular complexity index is 1590. The van der Waals surface area contributed by atoms with Gasteiger partial charge < -0.3 is 34.6 Å². The van der Waals surface area contributed by atoms with Crippen LogP contribution in [0.3, 0.4) is 0 Å². The van der Waals surface area contributed by atoms with E-state index in [1.807, 2.05) is 12.2 Å². The van der Waals surface area contributed by atoms with Gasteiger partial charge in [0.2, 0.25) is 0 Å². The van der Waals surface area contributed by atoms with Crippen molar-refractivity contribution in [3.05, 3.63) is 97.2 Å². The van der Waals surface area contributed by atoms with E-state index in [9.17, 15) is 43.8 Å². The summed E-state index contributed by atoms with van der Waals surface area (Å²) in [4.78, 5) is 43.8. The highest BCUT2D eigenvalue weighted by molar-refractivity contribution is 7.47. The lowest BCUT2D eigenvalue weighted by atomic mass is 10.1. The van der Waals surface area contributed by atoms with Crippen LogP contribution in [-0.4, -0.2) is 95.0 Å². The first-order valence-corrected chi connectivity index (χ1v) is 27.6. The van der Waals surface area contributed by atoms with Crippen LogP contribution in [0, 0.1) is 0 Å². The molecule has 0 spiro atoms. The average molecular weight is 1000 g/mol. The van der Waals surface area contributed by atoms with Crippen LogP contribution in [0.2, 0.25) is 0 Å². The van der Waals surface area contributed by atoms with Crippen LogP contribution in [-0.2, 0) is 46.3 Å². The Balaban J connectivity index is 3.99. The van der Waals surface area contributed by atoms with Crippen molar-refractivity contribution in [3.8, 4) is 0 Å². The number of carbonyl (C=O) groups excluding carboxylic acids is 2. The fraction of sp³-hybridized carbons (Fsp3) is 0.647. The number of aliphatic hydroxyl groups is 3. The van der Waals surface area contributed by atoms with E-state index < -0.39 is 85.5 Å². The summed E-state index contributed by atoms with van der Waals surface area (Å²) >= 11 is 0. The van der Waals surface area contributed by atoms with Gasteiger partial charge in [0.1, 0.15) is 31.5 Å². The first-order valence-electron chi connectivity index (χ1n) is 24.6. The molecular formula is C51H86O15P2. The highest BCUT2D eigenvalue weighted by Gasteiger charge is 2.28. The van der Waals surface area contributed by atoms with Crippen LogP contribution in [0.1, 0.15) is 155 Å². The van der Waals surface area contributed by atoms with Gasteiger partial charge in [-0.1, -0.05) is 143 Å². The van der Waals surface area contributed by atoms with Crippen molar-refractivity contribution >= 4 is 27.6 Å². The van der Waals surface area contributed by atoms with Gasteiger partial charge in [-0.3, -0.25) is 27.7 Å². The molecule has 15 nitrogen and oxygen atoms in total. The third-order valence-electron chi connectivity index (χ3n) is 9.51. The fourth-order valence-electron chi connectivity index (χ4n) is 5.66. The Kier molecular flexibility index (Phi) is 44.3. The van der Waals surface area contributed by atoms with Crippen molar-refractivity contribution in [2.24, 2.45) is 0 Å². The zero-order valence-corrected chi connectivity index (χ0v) is 42.8. The molecule has 0 aliphatic carbocycles. The first kappa shape index (κ1) is 65.0. The predicted molar refractivity (Wildman–Crippen MR) is 269 cm³/mol. The van der Waals surface area contributed by atoms with Crippen molar-refractivity contribution in [2.45, 2.75) is 173 Å². The summed E-state index contributed by atoms with van der Waals surface area (Å²) in [5.74, 6) is -1.09. The molecule has 0 amide bonds. The molecule has 0 saturated heterocycles. The Morgan fingerprint density at radius 1 is 0.382 bits per heavy atom. The summed E-state index contributed by atoms with van der Waals surface area (Å²) in [6.45, 7) is 0.234. The van der Waals surface area contributed by atoms with Gasteiger partial charge in [-0.05, 0) is 96.3 Å². The lowest BCUT2D eigenvalue weighted by Gasteiger charge is -2.19. The SMILES string of the molecule is CCCCC/C=C\C/C=C\C/C=C\C/C=C\CCCCCC(=O)OCC(O)COP(=O)(O)OCC(O)COP(=O)(O)OCC(O)COC(=O)CCC/C=C\C/C=C\C/C=C\C/C=C\CCCCC. The van der Waals surface area contributed by atoms with E-state index in [1.54, 1.807) is 0 Å². The number of phosphoric acid groups is 2. The predicted octanol–water partition coefficient (Wildman–Crippen LogP) is 11.5. The molecule has 0 aromatic rings. The Hall–Kier alpha value is -3.04. The molecule has 0 heterocycles. The molecule has 0 saturated carbocycles. The number of hydrogen-bond acceptors (Lipinski definition) is 13. The van der Waals surface area contributed by atoms with E-state index in [2.05, 4.69) is 117 Å². The molecule has 0 radical (unpaired) electrons. The maximum absolute atomic E-state index is 12.2. The Morgan fingerprint density at radius 2 is 0.647 bits per heavy atom. The van der Waals surface area contributed by atoms with E-state index >= 15 is 0 Å². The smallest absolute Gasteiger partial charge is 0.463 e. The number of hydrogen-bond donors (Lipinski definition) is 5. The quantitative estimate of drug-likeness (QED) is 0.0165. The number of aliphatic hydroxyl groups excluding tert-OH is 3. The van der Waals surface area contributed by atoms with Gasteiger partial charge in [0.05, 0.1) is 26.4 Å². The van der Waals surface area contributed by atoms with Crippen molar-refractivity contribution in [1.82, 2.24) is 0 Å². The average Bonchev–Trinajstić information content (AvgIpc) is 3.31. The molecule has 0 aliphatic heterocycles. The maximum Gasteiger partial charge on any atom is 0.472 e. The van der Waals surface area contributed by atoms with Gasteiger partial charge in [0.15, 0.2) is 0 Å². The molecule has 0 rings (SSSR count). The van der Waals surface area contributed by atoms with E-state index in [1.165, 1.54) is 38.5 Å². The minimum absolute atomic E-state index is 0.115. The summed E-state index contributed by atoms with van der Waals surface area (Å²) in [5.41, 5.74) is 0.